The van der Waals surface area contributed by atoms with Gasteiger partial charge in [0.05, 0.1) is 0 Å². The fraction of sp³-hybridized carbons (Fsp3) is 0.333. The third kappa shape index (κ3) is 4.63. The van der Waals surface area contributed by atoms with E-state index in [1.54, 1.807) is 31.2 Å². The van der Waals surface area contributed by atoms with Gasteiger partial charge < -0.3 is 15.3 Å². The van der Waals surface area contributed by atoms with Gasteiger partial charge in [-0.05, 0) is 24.6 Å². The molecule has 0 saturated carbocycles. The van der Waals surface area contributed by atoms with E-state index in [0.29, 0.717) is 18.1 Å². The van der Waals surface area contributed by atoms with Crippen molar-refractivity contribution in [2.45, 2.75) is 13.5 Å². The van der Waals surface area contributed by atoms with Crippen LogP contribution in [0, 0.1) is 0 Å². The maximum absolute atomic E-state index is 11.7. The predicted molar refractivity (Wildman–Crippen MR) is 68.6 cm³/mol. The summed E-state index contributed by atoms with van der Waals surface area (Å²) in [4.78, 5) is 23.4. The van der Waals surface area contributed by atoms with E-state index in [-0.39, 0.29) is 6.54 Å². The fourth-order valence-corrected chi connectivity index (χ4v) is 1.51. The Morgan fingerprint density at radius 1 is 1.33 bits per heavy atom. The summed E-state index contributed by atoms with van der Waals surface area (Å²) in [5.74, 6) is -1.03. The number of aliphatic carboxylic acids is 1. The standard InChI is InChI=1S/C12H15ClN2O3/c1-2-15(8-11(16)17)12(18)14-7-9-3-5-10(13)6-4-9/h3-6H,2,7-8H2,1H3,(H,14,18)(H,16,17). The summed E-state index contributed by atoms with van der Waals surface area (Å²) in [5.41, 5.74) is 0.902. The van der Waals surface area contributed by atoms with E-state index in [4.69, 9.17) is 16.7 Å². The number of nitrogens with one attached hydrogen (secondary N) is 1. The van der Waals surface area contributed by atoms with Gasteiger partial charge in [0.1, 0.15) is 6.54 Å². The number of urea groups is 1. The lowest BCUT2D eigenvalue weighted by molar-refractivity contribution is -0.137. The predicted octanol–water partition coefficient (Wildman–Crippen LogP) is 1.96. The summed E-state index contributed by atoms with van der Waals surface area (Å²) in [7, 11) is 0. The molecule has 0 aliphatic carbocycles. The van der Waals surface area contributed by atoms with Crippen molar-refractivity contribution >= 4 is 23.6 Å². The highest BCUT2D eigenvalue weighted by Gasteiger charge is 2.13. The molecule has 0 unspecified atom stereocenters. The van der Waals surface area contributed by atoms with E-state index >= 15 is 0 Å². The van der Waals surface area contributed by atoms with Crippen LogP contribution in [0.2, 0.25) is 5.02 Å². The number of carbonyl (C=O) groups excluding carboxylic acids is 1. The Kier molecular flexibility index (Phi) is 5.45. The number of carbonyl (C=O) groups is 2. The van der Waals surface area contributed by atoms with Crippen LogP contribution < -0.4 is 5.32 Å². The number of hydrogen-bond acceptors (Lipinski definition) is 2. The number of carboxylic acids is 1. The molecule has 5 nitrogen and oxygen atoms in total. The van der Waals surface area contributed by atoms with Crippen LogP contribution >= 0.6 is 11.6 Å². The van der Waals surface area contributed by atoms with Crippen molar-refractivity contribution in [3.05, 3.63) is 34.9 Å². The van der Waals surface area contributed by atoms with E-state index in [1.807, 2.05) is 0 Å². The van der Waals surface area contributed by atoms with Crippen LogP contribution in [0.15, 0.2) is 24.3 Å². The zero-order valence-corrected chi connectivity index (χ0v) is 10.8. The highest BCUT2D eigenvalue weighted by atomic mass is 35.5. The molecule has 6 heteroatoms. The summed E-state index contributed by atoms with van der Waals surface area (Å²) < 4.78 is 0. The normalized spacial score (nSPS) is 9.89. The third-order valence-electron chi connectivity index (χ3n) is 2.35. The molecular formula is C12H15ClN2O3. The number of halogens is 1. The van der Waals surface area contributed by atoms with E-state index in [0.717, 1.165) is 5.56 Å². The van der Waals surface area contributed by atoms with Gasteiger partial charge in [0.25, 0.3) is 0 Å². The minimum atomic E-state index is -1.03. The molecule has 0 saturated heterocycles. The quantitative estimate of drug-likeness (QED) is 0.859. The summed E-state index contributed by atoms with van der Waals surface area (Å²) in [6, 6.07) is 6.68. The Bertz CT molecular complexity index is 420. The van der Waals surface area contributed by atoms with Crippen LogP contribution in [0.3, 0.4) is 0 Å². The number of carboxylic acid groups (broad SMARTS) is 1. The van der Waals surface area contributed by atoms with Gasteiger partial charge in [0.2, 0.25) is 0 Å². The zero-order chi connectivity index (χ0) is 13.5. The Labute approximate surface area is 110 Å². The van der Waals surface area contributed by atoms with Gasteiger partial charge in [0.15, 0.2) is 0 Å². The summed E-state index contributed by atoms with van der Waals surface area (Å²) in [6.07, 6.45) is 0. The Morgan fingerprint density at radius 3 is 2.44 bits per heavy atom. The van der Waals surface area contributed by atoms with Crippen LogP contribution in [0.1, 0.15) is 12.5 Å². The molecule has 0 aliphatic heterocycles. The van der Waals surface area contributed by atoms with Gasteiger partial charge in [0, 0.05) is 18.1 Å². The number of rotatable bonds is 5. The zero-order valence-electron chi connectivity index (χ0n) is 10.0. The number of likely N-dealkylation sites (N-methyl/N-ethyl adjacent to an activating group) is 1. The molecule has 0 bridgehead atoms. The number of hydrogen-bond donors (Lipinski definition) is 2. The van der Waals surface area contributed by atoms with Crippen LogP contribution in [-0.4, -0.2) is 35.1 Å². The minimum Gasteiger partial charge on any atom is -0.480 e. The smallest absolute Gasteiger partial charge is 0.323 e. The first-order valence-electron chi connectivity index (χ1n) is 5.52. The lowest BCUT2D eigenvalue weighted by atomic mass is 10.2. The van der Waals surface area contributed by atoms with E-state index in [2.05, 4.69) is 5.32 Å². The van der Waals surface area contributed by atoms with Crippen molar-refractivity contribution in [3.8, 4) is 0 Å². The van der Waals surface area contributed by atoms with Crippen molar-refractivity contribution < 1.29 is 14.7 Å². The summed E-state index contributed by atoms with van der Waals surface area (Å²) >= 11 is 5.74. The Balaban J connectivity index is 2.49. The first-order valence-corrected chi connectivity index (χ1v) is 5.89. The SMILES string of the molecule is CCN(CC(=O)O)C(=O)NCc1ccc(Cl)cc1. The third-order valence-corrected chi connectivity index (χ3v) is 2.60. The van der Waals surface area contributed by atoms with Gasteiger partial charge in [-0.1, -0.05) is 23.7 Å². The number of nitrogens with zero attached hydrogens (tertiary/aromatic N) is 1. The van der Waals surface area contributed by atoms with Crippen molar-refractivity contribution in [1.82, 2.24) is 10.2 Å². The number of benzene rings is 1. The van der Waals surface area contributed by atoms with Crippen molar-refractivity contribution in [2.24, 2.45) is 0 Å². The maximum Gasteiger partial charge on any atom is 0.323 e. The Hall–Kier alpha value is -1.75. The highest BCUT2D eigenvalue weighted by Crippen LogP contribution is 2.09. The van der Waals surface area contributed by atoms with Gasteiger partial charge in [-0.3, -0.25) is 4.79 Å². The molecule has 18 heavy (non-hydrogen) atoms. The van der Waals surface area contributed by atoms with E-state index in [1.165, 1.54) is 4.90 Å². The molecule has 0 spiro atoms. The van der Waals surface area contributed by atoms with Crippen molar-refractivity contribution in [1.29, 1.82) is 0 Å². The van der Waals surface area contributed by atoms with Crippen LogP contribution in [0.4, 0.5) is 4.79 Å². The summed E-state index contributed by atoms with van der Waals surface area (Å²) in [6.45, 7) is 2.11. The topological polar surface area (TPSA) is 69.6 Å². The van der Waals surface area contributed by atoms with Crippen molar-refractivity contribution in [3.63, 3.8) is 0 Å². The van der Waals surface area contributed by atoms with Gasteiger partial charge in [-0.25, -0.2) is 4.79 Å². The van der Waals surface area contributed by atoms with Crippen LogP contribution in [-0.2, 0) is 11.3 Å². The molecule has 2 amide bonds. The minimum absolute atomic E-state index is 0.303. The molecule has 0 heterocycles. The monoisotopic (exact) mass is 270 g/mol. The second-order valence-electron chi connectivity index (χ2n) is 3.69. The molecular weight excluding hydrogens is 256 g/mol. The van der Waals surface area contributed by atoms with E-state index in [9.17, 15) is 9.59 Å². The maximum atomic E-state index is 11.7. The van der Waals surface area contributed by atoms with Gasteiger partial charge in [-0.15, -0.1) is 0 Å². The lowest BCUT2D eigenvalue weighted by Crippen LogP contribution is -2.42. The molecule has 0 aliphatic rings. The molecule has 1 rings (SSSR count). The first kappa shape index (κ1) is 14.3. The Morgan fingerprint density at radius 2 is 1.94 bits per heavy atom. The number of amides is 2. The molecule has 0 radical (unpaired) electrons. The average molecular weight is 271 g/mol. The molecule has 1 aromatic carbocycles. The second kappa shape index (κ2) is 6.86. The first-order chi connectivity index (χ1) is 8.52. The molecule has 0 fully saturated rings. The van der Waals surface area contributed by atoms with Crippen LogP contribution in [0.25, 0.3) is 0 Å². The molecule has 98 valence electrons. The fourth-order valence-electron chi connectivity index (χ4n) is 1.38. The molecule has 0 aromatic heterocycles. The second-order valence-corrected chi connectivity index (χ2v) is 4.13. The van der Waals surface area contributed by atoms with Gasteiger partial charge >= 0.3 is 12.0 Å². The molecule has 2 N–H and O–H groups in total. The van der Waals surface area contributed by atoms with E-state index < -0.39 is 12.0 Å². The largest absolute Gasteiger partial charge is 0.480 e. The van der Waals surface area contributed by atoms with Crippen molar-refractivity contribution in [2.75, 3.05) is 13.1 Å². The molecule has 1 aromatic rings. The highest BCUT2D eigenvalue weighted by molar-refractivity contribution is 6.30. The average Bonchev–Trinajstić information content (AvgIpc) is 2.34. The lowest BCUT2D eigenvalue weighted by Gasteiger charge is -2.19. The molecule has 0 atom stereocenters. The summed E-state index contributed by atoms with van der Waals surface area (Å²) in [5, 5.41) is 11.9. The van der Waals surface area contributed by atoms with Crippen LogP contribution in [0.5, 0.6) is 0 Å². The van der Waals surface area contributed by atoms with Gasteiger partial charge in [-0.2, -0.15) is 0 Å².